The zero-order valence-electron chi connectivity index (χ0n) is 14.2. The van der Waals surface area contributed by atoms with Crippen molar-refractivity contribution in [3.63, 3.8) is 0 Å². The first-order valence-corrected chi connectivity index (χ1v) is 9.31. The molecule has 3 aromatic carbocycles. The summed E-state index contributed by atoms with van der Waals surface area (Å²) in [5, 5.41) is 5.40. The monoisotopic (exact) mass is 405 g/mol. The van der Waals surface area contributed by atoms with Crippen LogP contribution in [0.25, 0.3) is 0 Å². The Morgan fingerprint density at radius 1 is 0.846 bits per heavy atom. The topological polar surface area (TPSA) is 21.3 Å². The Balaban J connectivity index is 1.63. The third-order valence-electron chi connectivity index (χ3n) is 4.03. The van der Waals surface area contributed by atoms with Crippen LogP contribution in [0.5, 0.6) is 5.75 Å². The highest BCUT2D eigenvalue weighted by atomic mass is 35.5. The van der Waals surface area contributed by atoms with Crippen LogP contribution in [0.4, 0.5) is 5.69 Å². The number of ether oxygens (including phenoxy) is 1. The Labute approximate surface area is 168 Å². The molecule has 5 heteroatoms. The Bertz CT molecular complexity index is 912. The van der Waals surface area contributed by atoms with Crippen molar-refractivity contribution in [3.05, 3.63) is 92.4 Å². The molecule has 0 spiro atoms. The number of hydrogen-bond acceptors (Lipinski definition) is 2. The molecule has 0 aliphatic carbocycles. The standard InChI is InChI=1S/C21H18Cl3NO/c1-14-18(23)6-3-7-20(14)25-12-15-8-9-21(19(24)11-15)26-13-16-4-2-5-17(22)10-16/h2-11,25H,12-13H2,1H3. The van der Waals surface area contributed by atoms with Crippen LogP contribution in [0.3, 0.4) is 0 Å². The van der Waals surface area contributed by atoms with E-state index in [9.17, 15) is 0 Å². The molecule has 0 saturated heterocycles. The molecule has 0 radical (unpaired) electrons. The number of benzene rings is 3. The Morgan fingerprint density at radius 3 is 2.42 bits per heavy atom. The van der Waals surface area contributed by atoms with Crippen molar-refractivity contribution in [1.82, 2.24) is 0 Å². The molecule has 134 valence electrons. The van der Waals surface area contributed by atoms with E-state index in [-0.39, 0.29) is 0 Å². The van der Waals surface area contributed by atoms with E-state index >= 15 is 0 Å². The van der Waals surface area contributed by atoms with Gasteiger partial charge in [0.15, 0.2) is 0 Å². The fourth-order valence-electron chi connectivity index (χ4n) is 2.56. The molecule has 0 aliphatic rings. The van der Waals surface area contributed by atoms with Gasteiger partial charge >= 0.3 is 0 Å². The van der Waals surface area contributed by atoms with E-state index in [1.165, 1.54) is 0 Å². The lowest BCUT2D eigenvalue weighted by molar-refractivity contribution is 0.306. The largest absolute Gasteiger partial charge is 0.487 e. The highest BCUT2D eigenvalue weighted by Gasteiger charge is 2.06. The molecule has 0 fully saturated rings. The number of halogens is 3. The van der Waals surface area contributed by atoms with Crippen LogP contribution in [0, 0.1) is 6.92 Å². The molecule has 0 unspecified atom stereocenters. The molecular formula is C21H18Cl3NO. The van der Waals surface area contributed by atoms with Gasteiger partial charge in [0.05, 0.1) is 5.02 Å². The molecule has 3 aromatic rings. The summed E-state index contributed by atoms with van der Waals surface area (Å²) in [5.74, 6) is 0.648. The second-order valence-electron chi connectivity index (χ2n) is 5.95. The summed E-state index contributed by atoms with van der Waals surface area (Å²) in [7, 11) is 0. The zero-order valence-corrected chi connectivity index (χ0v) is 16.5. The van der Waals surface area contributed by atoms with Crippen molar-refractivity contribution in [2.45, 2.75) is 20.1 Å². The molecule has 0 heterocycles. The van der Waals surface area contributed by atoms with E-state index in [0.717, 1.165) is 27.4 Å². The molecule has 0 aliphatic heterocycles. The average molecular weight is 407 g/mol. The lowest BCUT2D eigenvalue weighted by Gasteiger charge is -2.13. The summed E-state index contributed by atoms with van der Waals surface area (Å²) < 4.78 is 5.80. The van der Waals surface area contributed by atoms with Gasteiger partial charge in [0.25, 0.3) is 0 Å². The maximum Gasteiger partial charge on any atom is 0.138 e. The molecule has 0 atom stereocenters. The van der Waals surface area contributed by atoms with Crippen molar-refractivity contribution < 1.29 is 4.74 Å². The SMILES string of the molecule is Cc1c(Cl)cccc1NCc1ccc(OCc2cccc(Cl)c2)c(Cl)c1. The summed E-state index contributed by atoms with van der Waals surface area (Å²) >= 11 is 18.5. The van der Waals surface area contributed by atoms with E-state index in [2.05, 4.69) is 5.32 Å². The van der Waals surface area contributed by atoms with Crippen molar-refractivity contribution >= 4 is 40.5 Å². The Kier molecular flexibility index (Phi) is 6.31. The number of rotatable bonds is 6. The first-order chi connectivity index (χ1) is 12.5. The van der Waals surface area contributed by atoms with Gasteiger partial charge in [-0.05, 0) is 60.0 Å². The minimum atomic E-state index is 0.416. The number of nitrogens with one attached hydrogen (secondary N) is 1. The van der Waals surface area contributed by atoms with Gasteiger partial charge in [0.2, 0.25) is 0 Å². The second-order valence-corrected chi connectivity index (χ2v) is 7.20. The van der Waals surface area contributed by atoms with Crippen LogP contribution in [-0.2, 0) is 13.2 Å². The minimum Gasteiger partial charge on any atom is -0.487 e. The highest BCUT2D eigenvalue weighted by molar-refractivity contribution is 6.32. The van der Waals surface area contributed by atoms with Crippen LogP contribution in [0.15, 0.2) is 60.7 Å². The van der Waals surface area contributed by atoms with Gasteiger partial charge in [-0.2, -0.15) is 0 Å². The van der Waals surface area contributed by atoms with Gasteiger partial charge in [-0.1, -0.05) is 59.1 Å². The molecule has 0 aromatic heterocycles. The molecule has 3 rings (SSSR count). The third-order valence-corrected chi connectivity index (χ3v) is 4.97. The lowest BCUT2D eigenvalue weighted by Crippen LogP contribution is -2.02. The van der Waals surface area contributed by atoms with Crippen molar-refractivity contribution in [3.8, 4) is 5.75 Å². The molecule has 1 N–H and O–H groups in total. The van der Waals surface area contributed by atoms with Gasteiger partial charge in [-0.15, -0.1) is 0 Å². The highest BCUT2D eigenvalue weighted by Crippen LogP contribution is 2.28. The van der Waals surface area contributed by atoms with Gasteiger partial charge in [-0.3, -0.25) is 0 Å². The van der Waals surface area contributed by atoms with Gasteiger partial charge in [-0.25, -0.2) is 0 Å². The van der Waals surface area contributed by atoms with Crippen LogP contribution in [0.2, 0.25) is 15.1 Å². The maximum atomic E-state index is 6.37. The fraction of sp³-hybridized carbons (Fsp3) is 0.143. The van der Waals surface area contributed by atoms with Gasteiger partial charge in [0.1, 0.15) is 12.4 Å². The average Bonchev–Trinajstić information content (AvgIpc) is 2.62. The second kappa shape index (κ2) is 8.68. The van der Waals surface area contributed by atoms with E-state index < -0.39 is 0 Å². The first kappa shape index (κ1) is 18.9. The van der Waals surface area contributed by atoms with Crippen LogP contribution < -0.4 is 10.1 Å². The van der Waals surface area contributed by atoms with Gasteiger partial charge in [0, 0.05) is 22.3 Å². The van der Waals surface area contributed by atoms with E-state index in [4.69, 9.17) is 39.5 Å². The van der Waals surface area contributed by atoms with E-state index in [0.29, 0.717) is 28.9 Å². The van der Waals surface area contributed by atoms with Crippen LogP contribution in [0.1, 0.15) is 16.7 Å². The molecular weight excluding hydrogens is 389 g/mol. The summed E-state index contributed by atoms with van der Waals surface area (Å²) in [5.41, 5.74) is 4.09. The fourth-order valence-corrected chi connectivity index (χ4v) is 3.20. The van der Waals surface area contributed by atoms with Crippen molar-refractivity contribution in [2.24, 2.45) is 0 Å². The maximum absolute atomic E-state index is 6.37. The number of anilines is 1. The third kappa shape index (κ3) is 4.85. The molecule has 0 amide bonds. The molecule has 26 heavy (non-hydrogen) atoms. The Hall–Kier alpha value is -1.87. The molecule has 0 saturated carbocycles. The number of hydrogen-bond donors (Lipinski definition) is 1. The predicted octanol–water partition coefficient (Wildman–Crippen LogP) is 7.15. The summed E-state index contributed by atoms with van der Waals surface area (Å²) in [6.07, 6.45) is 0. The normalized spacial score (nSPS) is 10.6. The summed E-state index contributed by atoms with van der Waals surface area (Å²) in [6, 6.07) is 19.2. The Morgan fingerprint density at radius 2 is 1.65 bits per heavy atom. The van der Waals surface area contributed by atoms with Crippen LogP contribution >= 0.6 is 34.8 Å². The summed E-state index contributed by atoms with van der Waals surface area (Å²) in [4.78, 5) is 0. The molecule has 0 bridgehead atoms. The first-order valence-electron chi connectivity index (χ1n) is 8.17. The smallest absolute Gasteiger partial charge is 0.138 e. The predicted molar refractivity (Wildman–Crippen MR) is 111 cm³/mol. The molecule has 2 nitrogen and oxygen atoms in total. The van der Waals surface area contributed by atoms with Crippen LogP contribution in [-0.4, -0.2) is 0 Å². The quantitative estimate of drug-likeness (QED) is 0.469. The van der Waals surface area contributed by atoms with Crippen molar-refractivity contribution in [2.75, 3.05) is 5.32 Å². The van der Waals surface area contributed by atoms with E-state index in [1.807, 2.05) is 67.6 Å². The van der Waals surface area contributed by atoms with Crippen molar-refractivity contribution in [1.29, 1.82) is 0 Å². The van der Waals surface area contributed by atoms with E-state index in [1.54, 1.807) is 0 Å². The summed E-state index contributed by atoms with van der Waals surface area (Å²) in [6.45, 7) is 3.06. The van der Waals surface area contributed by atoms with Gasteiger partial charge < -0.3 is 10.1 Å². The minimum absolute atomic E-state index is 0.416. The zero-order chi connectivity index (χ0) is 18.5. The lowest BCUT2D eigenvalue weighted by atomic mass is 10.1.